The van der Waals surface area contributed by atoms with Crippen LogP contribution >= 0.6 is 47.2 Å². The molecule has 5 heteroatoms. The highest BCUT2D eigenvalue weighted by atomic mass is 35.5. The molecule has 82 valence electrons. The van der Waals surface area contributed by atoms with E-state index in [9.17, 15) is 0 Å². The third kappa shape index (κ3) is 11.0. The Hall–Kier alpha value is 1.12. The summed E-state index contributed by atoms with van der Waals surface area (Å²) in [5.41, 5.74) is 0. The van der Waals surface area contributed by atoms with E-state index in [1.807, 2.05) is 0 Å². The Morgan fingerprint density at radius 1 is 0.692 bits per heavy atom. The lowest BCUT2D eigenvalue weighted by Crippen LogP contribution is -2.29. The Kier molecular flexibility index (Phi) is 16.7. The van der Waals surface area contributed by atoms with Crippen LogP contribution in [0.2, 0.25) is 0 Å². The molecule has 0 saturated heterocycles. The fraction of sp³-hybridized carbons (Fsp3) is 1.00. The van der Waals surface area contributed by atoms with E-state index >= 15 is 0 Å². The smallest absolute Gasteiger partial charge is 0.0351 e. The minimum absolute atomic E-state index is 0. The molecule has 0 aromatic heterocycles. The van der Waals surface area contributed by atoms with Gasteiger partial charge in [-0.3, -0.25) is 0 Å². The van der Waals surface area contributed by atoms with Gasteiger partial charge >= 0.3 is 0 Å². The fourth-order valence-corrected chi connectivity index (χ4v) is 1.67. The van der Waals surface area contributed by atoms with Gasteiger partial charge < -0.3 is 4.90 Å². The summed E-state index contributed by atoms with van der Waals surface area (Å²) in [7, 11) is 0. The zero-order chi connectivity index (χ0) is 9.23. The normalized spacial score (nSPS) is 10.2. The predicted octanol–water partition coefficient (Wildman–Crippen LogP) is 3.21. The molecule has 0 fully saturated rings. The first-order valence-electron chi connectivity index (χ1n) is 4.25. The second kappa shape index (κ2) is 13.1. The highest BCUT2D eigenvalue weighted by Crippen LogP contribution is 1.98. The molecule has 0 N–H and O–H groups in total. The topological polar surface area (TPSA) is 3.24 Å². The van der Waals surface area contributed by atoms with Crippen LogP contribution in [0.15, 0.2) is 0 Å². The number of alkyl halides is 3. The van der Waals surface area contributed by atoms with Crippen LogP contribution in [0.25, 0.3) is 0 Å². The minimum atomic E-state index is 0. The van der Waals surface area contributed by atoms with E-state index in [0.717, 1.165) is 38.4 Å². The molecule has 0 aromatic rings. The molecule has 0 atom stereocenters. The molecule has 0 saturated carbocycles. The van der Waals surface area contributed by atoms with E-state index in [0.29, 0.717) is 11.8 Å². The molecule has 0 unspecified atom stereocenters. The van der Waals surface area contributed by atoms with Gasteiger partial charge in [-0.25, -0.2) is 0 Å². The molecule has 0 amide bonds. The average Bonchev–Trinajstić information content (AvgIpc) is 2.06. The van der Waals surface area contributed by atoms with E-state index < -0.39 is 0 Å². The van der Waals surface area contributed by atoms with Crippen molar-refractivity contribution in [1.82, 2.24) is 4.90 Å². The van der Waals surface area contributed by atoms with Crippen LogP contribution in [-0.2, 0) is 0 Å². The first kappa shape index (κ1) is 16.5. The third-order valence-corrected chi connectivity index (χ3v) is 2.26. The Morgan fingerprint density at radius 3 is 1.62 bits per heavy atom. The zero-order valence-corrected chi connectivity index (χ0v) is 10.7. The van der Waals surface area contributed by atoms with Crippen LogP contribution in [0.1, 0.15) is 12.8 Å². The highest BCUT2D eigenvalue weighted by Gasteiger charge is 2.01. The molecule has 0 aliphatic carbocycles. The summed E-state index contributed by atoms with van der Waals surface area (Å²) in [6, 6.07) is 0. The number of unbranched alkanes of at least 4 members (excludes halogenated alkanes) is 1. The lowest BCUT2D eigenvalue weighted by molar-refractivity contribution is 0.302. The van der Waals surface area contributed by atoms with E-state index in [1.54, 1.807) is 0 Å². The van der Waals surface area contributed by atoms with Gasteiger partial charge in [-0.2, -0.15) is 0 Å². The molecule has 0 radical (unpaired) electrons. The van der Waals surface area contributed by atoms with Gasteiger partial charge in [0.05, 0.1) is 0 Å². The van der Waals surface area contributed by atoms with E-state index in [1.165, 1.54) is 0 Å². The van der Waals surface area contributed by atoms with Crippen molar-refractivity contribution < 1.29 is 0 Å². The monoisotopic (exact) mass is 267 g/mol. The van der Waals surface area contributed by atoms with Gasteiger partial charge in [-0.1, -0.05) is 0 Å². The molecule has 1 nitrogen and oxygen atoms in total. The summed E-state index contributed by atoms with van der Waals surface area (Å²) in [5, 5.41) is 0. The number of halogens is 4. The van der Waals surface area contributed by atoms with Crippen molar-refractivity contribution in [2.45, 2.75) is 12.8 Å². The SMILES string of the molecule is Cl.ClCCCCN(CCCl)CCCl. The van der Waals surface area contributed by atoms with Crippen molar-refractivity contribution in [3.63, 3.8) is 0 Å². The minimum Gasteiger partial charge on any atom is -0.301 e. The van der Waals surface area contributed by atoms with Gasteiger partial charge in [0.2, 0.25) is 0 Å². The third-order valence-electron chi connectivity index (χ3n) is 1.66. The molecule has 0 rings (SSSR count). The van der Waals surface area contributed by atoms with Crippen LogP contribution in [0, 0.1) is 0 Å². The molecule has 0 spiro atoms. The standard InChI is InChI=1S/C8H16Cl3N.ClH/c9-3-1-2-6-12(7-4-10)8-5-11;/h1-8H2;1H. The van der Waals surface area contributed by atoms with Gasteiger partial charge in [0.25, 0.3) is 0 Å². The van der Waals surface area contributed by atoms with Gasteiger partial charge in [0.15, 0.2) is 0 Å². The van der Waals surface area contributed by atoms with Gasteiger partial charge in [-0.05, 0) is 19.4 Å². The predicted molar refractivity (Wildman–Crippen MR) is 65.1 cm³/mol. The van der Waals surface area contributed by atoms with Crippen LogP contribution in [0.5, 0.6) is 0 Å². The lowest BCUT2D eigenvalue weighted by atomic mass is 10.3. The van der Waals surface area contributed by atoms with Gasteiger partial charge in [-0.15, -0.1) is 47.2 Å². The maximum atomic E-state index is 5.63. The molecule has 0 aliphatic rings. The van der Waals surface area contributed by atoms with Crippen molar-refractivity contribution in [3.8, 4) is 0 Å². The summed E-state index contributed by atoms with van der Waals surface area (Å²) in [5.74, 6) is 2.10. The van der Waals surface area contributed by atoms with Crippen molar-refractivity contribution in [2.24, 2.45) is 0 Å². The first-order valence-corrected chi connectivity index (χ1v) is 5.85. The Labute approximate surface area is 102 Å². The van der Waals surface area contributed by atoms with Crippen LogP contribution in [0.4, 0.5) is 0 Å². The molecular weight excluding hydrogens is 252 g/mol. The first-order chi connectivity index (χ1) is 5.85. The van der Waals surface area contributed by atoms with Crippen LogP contribution < -0.4 is 0 Å². The van der Waals surface area contributed by atoms with Crippen molar-refractivity contribution in [1.29, 1.82) is 0 Å². The summed E-state index contributed by atoms with van der Waals surface area (Å²) in [6.07, 6.45) is 2.21. The largest absolute Gasteiger partial charge is 0.301 e. The summed E-state index contributed by atoms with van der Waals surface area (Å²) in [6.45, 7) is 2.92. The van der Waals surface area contributed by atoms with Crippen molar-refractivity contribution >= 4 is 47.2 Å². The Bertz CT molecular complexity index is 86.2. The van der Waals surface area contributed by atoms with Gasteiger partial charge in [0, 0.05) is 30.7 Å². The highest BCUT2D eigenvalue weighted by molar-refractivity contribution is 6.18. The van der Waals surface area contributed by atoms with Crippen molar-refractivity contribution in [2.75, 3.05) is 37.3 Å². The number of hydrogen-bond donors (Lipinski definition) is 0. The van der Waals surface area contributed by atoms with Gasteiger partial charge in [0.1, 0.15) is 0 Å². The summed E-state index contributed by atoms with van der Waals surface area (Å²) in [4.78, 5) is 2.27. The molecular formula is C8H17Cl4N. The lowest BCUT2D eigenvalue weighted by Gasteiger charge is -2.19. The van der Waals surface area contributed by atoms with Crippen LogP contribution in [0.3, 0.4) is 0 Å². The number of rotatable bonds is 8. The second-order valence-corrected chi connectivity index (χ2v) is 3.75. The van der Waals surface area contributed by atoms with Crippen molar-refractivity contribution in [3.05, 3.63) is 0 Å². The average molecular weight is 269 g/mol. The number of nitrogens with zero attached hydrogens (tertiary/aromatic N) is 1. The number of hydrogen-bond acceptors (Lipinski definition) is 1. The van der Waals surface area contributed by atoms with Crippen LogP contribution in [-0.4, -0.2) is 42.2 Å². The fourth-order valence-electron chi connectivity index (χ4n) is 1.00. The zero-order valence-electron chi connectivity index (χ0n) is 7.65. The summed E-state index contributed by atoms with van der Waals surface area (Å²) < 4.78 is 0. The maximum Gasteiger partial charge on any atom is 0.0351 e. The molecule has 13 heavy (non-hydrogen) atoms. The maximum absolute atomic E-state index is 5.63. The van der Waals surface area contributed by atoms with E-state index in [2.05, 4.69) is 4.90 Å². The molecule has 0 aliphatic heterocycles. The second-order valence-electron chi connectivity index (χ2n) is 2.62. The molecule has 0 heterocycles. The Balaban J connectivity index is 0. The molecule has 0 bridgehead atoms. The van der Waals surface area contributed by atoms with E-state index in [-0.39, 0.29) is 12.4 Å². The molecule has 0 aromatic carbocycles. The summed E-state index contributed by atoms with van der Waals surface area (Å²) >= 11 is 16.8. The quantitative estimate of drug-likeness (QED) is 0.483. The Morgan fingerprint density at radius 2 is 1.23 bits per heavy atom. The van der Waals surface area contributed by atoms with E-state index in [4.69, 9.17) is 34.8 Å².